The van der Waals surface area contributed by atoms with Crippen molar-refractivity contribution in [3.63, 3.8) is 0 Å². The van der Waals surface area contributed by atoms with Gasteiger partial charge in [0.25, 0.3) is 0 Å². The molecule has 4 nitrogen and oxygen atoms in total. The molecule has 1 aromatic rings. The van der Waals surface area contributed by atoms with Gasteiger partial charge in [0.05, 0.1) is 0 Å². The van der Waals surface area contributed by atoms with Crippen LogP contribution in [0.4, 0.5) is 5.69 Å². The van der Waals surface area contributed by atoms with E-state index in [2.05, 4.69) is 27.8 Å². The Morgan fingerprint density at radius 2 is 2.00 bits per heavy atom. The number of halogens is 1. The number of likely N-dealkylation sites (N-methyl/N-ethyl adjacent to an activating group) is 1. The molecule has 2 unspecified atom stereocenters. The fourth-order valence-electron chi connectivity index (χ4n) is 2.43. The Morgan fingerprint density at radius 1 is 1.37 bits per heavy atom. The molecule has 1 saturated heterocycles. The lowest BCUT2D eigenvalue weighted by molar-refractivity contribution is -0.132. The highest BCUT2D eigenvalue weighted by Gasteiger charge is 2.32. The highest BCUT2D eigenvalue weighted by molar-refractivity contribution is 9.10. The van der Waals surface area contributed by atoms with E-state index < -0.39 is 0 Å². The summed E-state index contributed by atoms with van der Waals surface area (Å²) in [7, 11) is 1.86. The topological polar surface area (TPSA) is 49.6 Å². The summed E-state index contributed by atoms with van der Waals surface area (Å²) in [4.78, 5) is 16.4. The van der Waals surface area contributed by atoms with Crippen LogP contribution in [0, 0.1) is 0 Å². The smallest absolute Gasteiger partial charge is 0.246 e. The molecule has 1 aromatic carbocycles. The third-order valence-corrected chi connectivity index (χ3v) is 4.37. The molecule has 5 heteroatoms. The first-order valence-corrected chi connectivity index (χ1v) is 7.33. The lowest BCUT2D eigenvalue weighted by atomic mass is 10.2. The van der Waals surface area contributed by atoms with Crippen molar-refractivity contribution in [3.05, 3.63) is 28.7 Å². The minimum atomic E-state index is -0.267. The molecule has 2 atom stereocenters. The molecule has 2 rings (SSSR count). The maximum atomic E-state index is 12.4. The number of rotatable bonds is 2. The molecule has 1 fully saturated rings. The molecular weight excluding hydrogens is 306 g/mol. The van der Waals surface area contributed by atoms with Crippen LogP contribution in [0.2, 0.25) is 0 Å². The number of hydrogen-bond acceptors (Lipinski definition) is 3. The van der Waals surface area contributed by atoms with Crippen LogP contribution in [0.15, 0.2) is 28.7 Å². The number of carbonyl (C=O) groups excluding carboxylic acids is 1. The molecule has 1 heterocycles. The second-order valence-electron chi connectivity index (χ2n) is 5.01. The van der Waals surface area contributed by atoms with Crippen molar-refractivity contribution < 1.29 is 4.79 Å². The van der Waals surface area contributed by atoms with E-state index in [4.69, 9.17) is 5.73 Å². The Hall–Kier alpha value is -1.07. The van der Waals surface area contributed by atoms with Gasteiger partial charge in [0, 0.05) is 36.3 Å². The van der Waals surface area contributed by atoms with E-state index in [0.717, 1.165) is 23.1 Å². The SMILES string of the molecule is CC1CCN(c2ccc(Br)cc2)C(CN)C(=O)N1C. The van der Waals surface area contributed by atoms with Gasteiger partial charge in [0.2, 0.25) is 5.91 Å². The summed E-state index contributed by atoms with van der Waals surface area (Å²) in [6.07, 6.45) is 0.953. The van der Waals surface area contributed by atoms with E-state index in [1.165, 1.54) is 0 Å². The molecular formula is C14H20BrN3O. The van der Waals surface area contributed by atoms with Crippen LogP contribution < -0.4 is 10.6 Å². The Morgan fingerprint density at radius 3 is 2.58 bits per heavy atom. The van der Waals surface area contributed by atoms with Gasteiger partial charge in [0.1, 0.15) is 6.04 Å². The third-order valence-electron chi connectivity index (χ3n) is 3.84. The van der Waals surface area contributed by atoms with Crippen LogP contribution in [0.1, 0.15) is 13.3 Å². The van der Waals surface area contributed by atoms with Gasteiger partial charge < -0.3 is 15.5 Å². The second-order valence-corrected chi connectivity index (χ2v) is 5.92. The minimum absolute atomic E-state index is 0.107. The molecule has 19 heavy (non-hydrogen) atoms. The maximum absolute atomic E-state index is 12.4. The standard InChI is InChI=1S/C14H20BrN3O/c1-10-7-8-18(12-5-3-11(15)4-6-12)13(9-16)14(19)17(10)2/h3-6,10,13H,7-9,16H2,1-2H3. The first-order chi connectivity index (χ1) is 9.04. The van der Waals surface area contributed by atoms with Crippen LogP contribution in [0.5, 0.6) is 0 Å². The zero-order valence-electron chi connectivity index (χ0n) is 11.3. The van der Waals surface area contributed by atoms with Crippen molar-refractivity contribution in [2.45, 2.75) is 25.4 Å². The maximum Gasteiger partial charge on any atom is 0.246 e. The Bertz CT molecular complexity index is 449. The number of anilines is 1. The van der Waals surface area contributed by atoms with Crippen LogP contribution in [-0.4, -0.2) is 43.0 Å². The largest absolute Gasteiger partial charge is 0.358 e. The molecule has 0 radical (unpaired) electrons. The lowest BCUT2D eigenvalue weighted by Crippen LogP contribution is -2.50. The van der Waals surface area contributed by atoms with Crippen molar-refractivity contribution in [2.75, 3.05) is 25.0 Å². The average Bonchev–Trinajstić information content (AvgIpc) is 2.52. The summed E-state index contributed by atoms with van der Waals surface area (Å²) < 4.78 is 1.03. The van der Waals surface area contributed by atoms with Gasteiger partial charge in [-0.1, -0.05) is 15.9 Å². The van der Waals surface area contributed by atoms with Gasteiger partial charge >= 0.3 is 0 Å². The van der Waals surface area contributed by atoms with Crippen LogP contribution in [-0.2, 0) is 4.79 Å². The molecule has 1 aliphatic heterocycles. The van der Waals surface area contributed by atoms with Crippen LogP contribution >= 0.6 is 15.9 Å². The van der Waals surface area contributed by atoms with Crippen molar-refractivity contribution in [2.24, 2.45) is 5.73 Å². The van der Waals surface area contributed by atoms with Gasteiger partial charge in [-0.3, -0.25) is 4.79 Å². The Kier molecular flexibility index (Phi) is 4.47. The summed E-state index contributed by atoms with van der Waals surface area (Å²) in [6, 6.07) is 8.01. The molecule has 0 aliphatic carbocycles. The molecule has 0 aromatic heterocycles. The summed E-state index contributed by atoms with van der Waals surface area (Å²) in [5.74, 6) is 0.107. The number of benzene rings is 1. The minimum Gasteiger partial charge on any atom is -0.358 e. The summed E-state index contributed by atoms with van der Waals surface area (Å²) in [5, 5.41) is 0. The lowest BCUT2D eigenvalue weighted by Gasteiger charge is -2.31. The van der Waals surface area contributed by atoms with E-state index in [9.17, 15) is 4.79 Å². The Balaban J connectivity index is 2.32. The van der Waals surface area contributed by atoms with Crippen LogP contribution in [0.25, 0.3) is 0 Å². The van der Waals surface area contributed by atoms with Crippen molar-refractivity contribution in [1.29, 1.82) is 0 Å². The quantitative estimate of drug-likeness (QED) is 0.902. The van der Waals surface area contributed by atoms with E-state index in [1.807, 2.05) is 36.2 Å². The first-order valence-electron chi connectivity index (χ1n) is 6.53. The summed E-state index contributed by atoms with van der Waals surface area (Å²) in [6.45, 7) is 3.27. The predicted molar refractivity (Wildman–Crippen MR) is 81.2 cm³/mol. The molecule has 0 bridgehead atoms. The fraction of sp³-hybridized carbons (Fsp3) is 0.500. The second kappa shape index (κ2) is 5.92. The zero-order chi connectivity index (χ0) is 14.0. The van der Waals surface area contributed by atoms with Crippen molar-refractivity contribution >= 4 is 27.5 Å². The monoisotopic (exact) mass is 325 g/mol. The van der Waals surface area contributed by atoms with Gasteiger partial charge in [-0.25, -0.2) is 0 Å². The van der Waals surface area contributed by atoms with Gasteiger partial charge in [0.15, 0.2) is 0 Å². The third kappa shape index (κ3) is 2.92. The molecule has 2 N–H and O–H groups in total. The molecule has 1 aliphatic rings. The van der Waals surface area contributed by atoms with E-state index in [-0.39, 0.29) is 18.0 Å². The van der Waals surface area contributed by atoms with E-state index in [0.29, 0.717) is 6.54 Å². The fourth-order valence-corrected chi connectivity index (χ4v) is 2.69. The molecule has 0 spiro atoms. The first kappa shape index (κ1) is 14.3. The van der Waals surface area contributed by atoms with E-state index >= 15 is 0 Å². The normalized spacial score (nSPS) is 24.5. The number of hydrogen-bond donors (Lipinski definition) is 1. The molecule has 0 saturated carbocycles. The van der Waals surface area contributed by atoms with Gasteiger partial charge in [-0.05, 0) is 37.6 Å². The molecule has 104 valence electrons. The van der Waals surface area contributed by atoms with Crippen molar-refractivity contribution in [1.82, 2.24) is 4.90 Å². The predicted octanol–water partition coefficient (Wildman–Crippen LogP) is 1.83. The van der Waals surface area contributed by atoms with Crippen molar-refractivity contribution in [3.8, 4) is 0 Å². The van der Waals surface area contributed by atoms with Crippen LogP contribution in [0.3, 0.4) is 0 Å². The number of amides is 1. The summed E-state index contributed by atoms with van der Waals surface area (Å²) >= 11 is 3.43. The highest BCUT2D eigenvalue weighted by atomic mass is 79.9. The van der Waals surface area contributed by atoms with E-state index in [1.54, 1.807) is 0 Å². The zero-order valence-corrected chi connectivity index (χ0v) is 12.9. The summed E-state index contributed by atoms with van der Waals surface area (Å²) in [5.41, 5.74) is 6.88. The average molecular weight is 326 g/mol. The number of nitrogens with zero attached hydrogens (tertiary/aromatic N) is 2. The number of carbonyl (C=O) groups is 1. The molecule has 1 amide bonds. The Labute approximate surface area is 122 Å². The number of nitrogens with two attached hydrogens (primary N) is 1. The van der Waals surface area contributed by atoms with Gasteiger partial charge in [-0.15, -0.1) is 0 Å². The highest BCUT2D eigenvalue weighted by Crippen LogP contribution is 2.24. The van der Waals surface area contributed by atoms with Gasteiger partial charge in [-0.2, -0.15) is 0 Å².